The van der Waals surface area contributed by atoms with Crippen molar-refractivity contribution in [3.63, 3.8) is 0 Å². The molecule has 0 aliphatic heterocycles. The predicted molar refractivity (Wildman–Crippen MR) is 87.9 cm³/mol. The maximum absolute atomic E-state index is 6.06. The van der Waals surface area contributed by atoms with E-state index in [0.29, 0.717) is 0 Å². The molecule has 0 radical (unpaired) electrons. The summed E-state index contributed by atoms with van der Waals surface area (Å²) in [5.41, 5.74) is 2.27. The molecule has 2 atom stereocenters. The van der Waals surface area contributed by atoms with Gasteiger partial charge in [-0.25, -0.2) is 4.98 Å². The zero-order valence-corrected chi connectivity index (χ0v) is 13.8. The summed E-state index contributed by atoms with van der Waals surface area (Å²) in [6, 6.07) is 8.49. The topological polar surface area (TPSA) is 28.2 Å². The quantitative estimate of drug-likeness (QED) is 0.893. The first kappa shape index (κ1) is 15.3. The summed E-state index contributed by atoms with van der Waals surface area (Å²) in [5, 5.41) is 7.11. The van der Waals surface area contributed by atoms with Crippen LogP contribution in [0.4, 0.5) is 5.13 Å². The maximum Gasteiger partial charge on any atom is 0.185 e. The van der Waals surface area contributed by atoms with Gasteiger partial charge in [0.15, 0.2) is 5.13 Å². The van der Waals surface area contributed by atoms with E-state index in [9.17, 15) is 0 Å². The molecule has 0 spiro atoms. The number of rotatable bonds is 5. The van der Waals surface area contributed by atoms with Crippen molar-refractivity contribution in [1.29, 1.82) is 0 Å². The number of hydrogen-bond acceptors (Lipinski definition) is 4. The Balaban J connectivity index is 2.18. The van der Waals surface area contributed by atoms with Crippen LogP contribution in [0.3, 0.4) is 0 Å². The molecule has 0 aliphatic carbocycles. The molecule has 0 saturated carbocycles. The minimum Gasteiger partial charge on any atom is -0.344 e. The lowest BCUT2D eigenvalue weighted by atomic mass is 10.1. The van der Waals surface area contributed by atoms with E-state index in [1.165, 1.54) is 5.56 Å². The van der Waals surface area contributed by atoms with Gasteiger partial charge in [-0.15, -0.1) is 11.3 Å². The number of hydrogen-bond donors (Lipinski definition) is 1. The van der Waals surface area contributed by atoms with Crippen LogP contribution in [0.25, 0.3) is 0 Å². The Morgan fingerprint density at radius 2 is 2.10 bits per heavy atom. The Labute approximate surface area is 129 Å². The monoisotopic (exact) mass is 309 g/mol. The normalized spacial score (nSPS) is 14.1. The van der Waals surface area contributed by atoms with E-state index in [4.69, 9.17) is 16.6 Å². The Hall–Kier alpha value is -1.10. The first-order valence-electron chi connectivity index (χ1n) is 6.64. The van der Waals surface area contributed by atoms with Gasteiger partial charge in [-0.3, -0.25) is 0 Å². The molecule has 0 aliphatic rings. The third-order valence-electron chi connectivity index (χ3n) is 3.60. The average Bonchev–Trinajstić information content (AvgIpc) is 2.94. The van der Waals surface area contributed by atoms with Gasteiger partial charge >= 0.3 is 0 Å². The number of anilines is 1. The Kier molecular flexibility index (Phi) is 5.02. The molecular formula is C15H20ClN3S. The molecule has 20 heavy (non-hydrogen) atoms. The van der Waals surface area contributed by atoms with E-state index in [0.717, 1.165) is 15.8 Å². The Morgan fingerprint density at radius 3 is 2.75 bits per heavy atom. The van der Waals surface area contributed by atoms with Crippen LogP contribution in [-0.4, -0.2) is 19.1 Å². The van der Waals surface area contributed by atoms with Gasteiger partial charge in [0.1, 0.15) is 0 Å². The van der Waals surface area contributed by atoms with E-state index in [1.807, 2.05) is 25.2 Å². The molecule has 0 amide bonds. The van der Waals surface area contributed by atoms with Crippen LogP contribution in [0.1, 0.15) is 37.2 Å². The number of aromatic nitrogens is 1. The van der Waals surface area contributed by atoms with Gasteiger partial charge < -0.3 is 10.2 Å². The highest BCUT2D eigenvalue weighted by Gasteiger charge is 2.17. The summed E-state index contributed by atoms with van der Waals surface area (Å²) in [4.78, 5) is 6.88. The molecule has 5 heteroatoms. The summed E-state index contributed by atoms with van der Waals surface area (Å²) >= 11 is 7.73. The lowest BCUT2D eigenvalue weighted by molar-refractivity contribution is 0.634. The van der Waals surface area contributed by atoms with Gasteiger partial charge in [0.05, 0.1) is 11.7 Å². The van der Waals surface area contributed by atoms with Crippen molar-refractivity contribution >= 4 is 28.1 Å². The molecule has 1 heterocycles. The number of thiazole rings is 1. The molecule has 1 aromatic heterocycles. The second-order valence-corrected chi connectivity index (χ2v) is 6.18. The summed E-state index contributed by atoms with van der Waals surface area (Å²) in [5.74, 6) is 0. The van der Waals surface area contributed by atoms with Crippen molar-refractivity contribution in [1.82, 2.24) is 10.3 Å². The number of nitrogens with one attached hydrogen (secondary N) is 1. The van der Waals surface area contributed by atoms with E-state index >= 15 is 0 Å². The molecule has 2 rings (SSSR count). The maximum atomic E-state index is 6.06. The lowest BCUT2D eigenvalue weighted by Crippen LogP contribution is -2.21. The van der Waals surface area contributed by atoms with Crippen molar-refractivity contribution in [3.05, 3.63) is 45.9 Å². The zero-order chi connectivity index (χ0) is 14.7. The Bertz CT molecular complexity index is 570. The number of benzene rings is 1. The highest BCUT2D eigenvalue weighted by Crippen LogP contribution is 2.30. The van der Waals surface area contributed by atoms with E-state index in [-0.39, 0.29) is 12.1 Å². The molecule has 2 unspecified atom stereocenters. The summed E-state index contributed by atoms with van der Waals surface area (Å²) in [7, 11) is 4.01. The second kappa shape index (κ2) is 6.57. The summed E-state index contributed by atoms with van der Waals surface area (Å²) in [6.45, 7) is 4.27. The first-order valence-corrected chi connectivity index (χ1v) is 7.89. The first-order chi connectivity index (χ1) is 9.52. The number of nitrogens with zero attached hydrogens (tertiary/aromatic N) is 2. The molecule has 2 aromatic rings. The third kappa shape index (κ3) is 3.32. The molecule has 1 N–H and O–H groups in total. The molecular weight excluding hydrogens is 290 g/mol. The van der Waals surface area contributed by atoms with Crippen molar-refractivity contribution < 1.29 is 0 Å². The van der Waals surface area contributed by atoms with Gasteiger partial charge in [0.25, 0.3) is 0 Å². The lowest BCUT2D eigenvalue weighted by Gasteiger charge is -2.24. The van der Waals surface area contributed by atoms with Crippen LogP contribution < -0.4 is 10.2 Å². The predicted octanol–water partition coefficient (Wildman–Crippen LogP) is 4.27. The van der Waals surface area contributed by atoms with Gasteiger partial charge in [0, 0.05) is 23.5 Å². The van der Waals surface area contributed by atoms with Crippen LogP contribution >= 0.6 is 22.9 Å². The highest BCUT2D eigenvalue weighted by molar-refractivity contribution is 7.13. The standard InChI is InChI=1S/C15H20ClN3S/c1-10(17-3)14-9-20-15(18-14)19(4)11(2)12-6-5-7-13(16)8-12/h5-11,17H,1-4H3. The minimum atomic E-state index is 0.234. The molecule has 1 aromatic carbocycles. The molecule has 3 nitrogen and oxygen atoms in total. The zero-order valence-electron chi connectivity index (χ0n) is 12.2. The highest BCUT2D eigenvalue weighted by atomic mass is 35.5. The summed E-state index contributed by atoms with van der Waals surface area (Å²) < 4.78 is 0. The van der Waals surface area contributed by atoms with E-state index in [2.05, 4.69) is 42.6 Å². The van der Waals surface area contributed by atoms with Crippen LogP contribution in [0, 0.1) is 0 Å². The van der Waals surface area contributed by atoms with Crippen LogP contribution in [-0.2, 0) is 0 Å². The largest absolute Gasteiger partial charge is 0.344 e. The van der Waals surface area contributed by atoms with Crippen molar-refractivity contribution in [3.8, 4) is 0 Å². The van der Waals surface area contributed by atoms with Crippen LogP contribution in [0.5, 0.6) is 0 Å². The van der Waals surface area contributed by atoms with Crippen molar-refractivity contribution in [2.24, 2.45) is 0 Å². The number of halogens is 1. The van der Waals surface area contributed by atoms with Crippen LogP contribution in [0.15, 0.2) is 29.6 Å². The van der Waals surface area contributed by atoms with Gasteiger partial charge in [-0.1, -0.05) is 23.7 Å². The second-order valence-electron chi connectivity index (χ2n) is 4.91. The van der Waals surface area contributed by atoms with Gasteiger partial charge in [0.2, 0.25) is 0 Å². The van der Waals surface area contributed by atoms with E-state index in [1.54, 1.807) is 11.3 Å². The van der Waals surface area contributed by atoms with Crippen molar-refractivity contribution in [2.45, 2.75) is 25.9 Å². The Morgan fingerprint density at radius 1 is 1.35 bits per heavy atom. The molecule has 108 valence electrons. The van der Waals surface area contributed by atoms with Crippen LogP contribution in [0.2, 0.25) is 5.02 Å². The molecule has 0 saturated heterocycles. The van der Waals surface area contributed by atoms with E-state index < -0.39 is 0 Å². The minimum absolute atomic E-state index is 0.234. The SMILES string of the molecule is CNC(C)c1csc(N(C)C(C)c2cccc(Cl)c2)n1. The summed E-state index contributed by atoms with van der Waals surface area (Å²) in [6.07, 6.45) is 0. The fourth-order valence-electron chi connectivity index (χ4n) is 1.94. The molecule has 0 fully saturated rings. The smallest absolute Gasteiger partial charge is 0.185 e. The fraction of sp³-hybridized carbons (Fsp3) is 0.400. The average molecular weight is 310 g/mol. The van der Waals surface area contributed by atoms with Gasteiger partial charge in [-0.2, -0.15) is 0 Å². The molecule has 0 bridgehead atoms. The third-order valence-corrected chi connectivity index (χ3v) is 4.78. The van der Waals surface area contributed by atoms with Crippen molar-refractivity contribution in [2.75, 3.05) is 19.0 Å². The fourth-order valence-corrected chi connectivity index (χ4v) is 3.10. The van der Waals surface area contributed by atoms with Gasteiger partial charge in [-0.05, 0) is 38.6 Å².